The van der Waals surface area contributed by atoms with Crippen LogP contribution in [0.4, 0.5) is 0 Å². The molecule has 0 aromatic carbocycles. The normalized spacial score (nSPS) is 29.6. The Bertz CT molecular complexity index is 169. The third kappa shape index (κ3) is 4.09. The Morgan fingerprint density at radius 2 is 2.20 bits per heavy atom. The Morgan fingerprint density at radius 1 is 1.47 bits per heavy atom. The maximum atomic E-state index is 9.00. The number of likely N-dealkylation sites (N-methyl/N-ethyl adjacent to an activating group) is 1. The van der Waals surface area contributed by atoms with Gasteiger partial charge in [-0.3, -0.25) is 4.90 Å². The standard InChI is InChI=1S/C12H26N2O/c1-4-13-12(5-6-15)9-14-8-10(2)7-11(14)3/h10-13,15H,4-9H2,1-3H3. The molecule has 0 amide bonds. The number of hydrogen-bond acceptors (Lipinski definition) is 3. The molecule has 0 saturated carbocycles. The maximum Gasteiger partial charge on any atom is 0.0446 e. The Labute approximate surface area is 93.9 Å². The van der Waals surface area contributed by atoms with Crippen LogP contribution in [0.5, 0.6) is 0 Å². The van der Waals surface area contributed by atoms with E-state index in [4.69, 9.17) is 5.11 Å². The minimum atomic E-state index is 0.287. The van der Waals surface area contributed by atoms with Crippen LogP contribution in [0, 0.1) is 5.92 Å². The summed E-state index contributed by atoms with van der Waals surface area (Å²) in [5, 5.41) is 12.4. The molecule has 0 spiro atoms. The molecule has 0 radical (unpaired) electrons. The maximum absolute atomic E-state index is 9.00. The van der Waals surface area contributed by atoms with Crippen molar-refractivity contribution in [3.05, 3.63) is 0 Å². The van der Waals surface area contributed by atoms with Crippen molar-refractivity contribution in [2.75, 3.05) is 26.2 Å². The highest BCUT2D eigenvalue weighted by molar-refractivity contribution is 4.83. The number of nitrogens with one attached hydrogen (secondary N) is 1. The summed E-state index contributed by atoms with van der Waals surface area (Å²) in [5.41, 5.74) is 0. The molecule has 1 heterocycles. The van der Waals surface area contributed by atoms with Crippen molar-refractivity contribution in [2.24, 2.45) is 5.92 Å². The highest BCUT2D eigenvalue weighted by Gasteiger charge is 2.27. The van der Waals surface area contributed by atoms with Crippen LogP contribution < -0.4 is 5.32 Å². The SMILES string of the molecule is CCNC(CCO)CN1CC(C)CC1C. The first-order valence-corrected chi connectivity index (χ1v) is 6.25. The van der Waals surface area contributed by atoms with Crippen molar-refractivity contribution in [3.8, 4) is 0 Å². The topological polar surface area (TPSA) is 35.5 Å². The molecule has 1 aliphatic heterocycles. The number of aliphatic hydroxyl groups is 1. The lowest BCUT2D eigenvalue weighted by Gasteiger charge is -2.27. The van der Waals surface area contributed by atoms with Crippen LogP contribution in [0.1, 0.15) is 33.6 Å². The van der Waals surface area contributed by atoms with E-state index in [0.29, 0.717) is 12.1 Å². The molecule has 1 aliphatic rings. The van der Waals surface area contributed by atoms with Gasteiger partial charge in [-0.1, -0.05) is 13.8 Å². The van der Waals surface area contributed by atoms with E-state index in [1.165, 1.54) is 13.0 Å². The van der Waals surface area contributed by atoms with Crippen LogP contribution in [0.25, 0.3) is 0 Å². The summed E-state index contributed by atoms with van der Waals surface area (Å²) in [7, 11) is 0. The largest absolute Gasteiger partial charge is 0.396 e. The molecule has 0 aromatic rings. The van der Waals surface area contributed by atoms with Crippen molar-refractivity contribution >= 4 is 0 Å². The monoisotopic (exact) mass is 214 g/mol. The molecular weight excluding hydrogens is 188 g/mol. The molecule has 1 fully saturated rings. The van der Waals surface area contributed by atoms with Crippen LogP contribution in [-0.2, 0) is 0 Å². The summed E-state index contributed by atoms with van der Waals surface area (Å²) in [6, 6.07) is 1.16. The lowest BCUT2D eigenvalue weighted by atomic mass is 10.1. The Balaban J connectivity index is 2.36. The average molecular weight is 214 g/mol. The van der Waals surface area contributed by atoms with E-state index in [9.17, 15) is 0 Å². The number of rotatable bonds is 6. The van der Waals surface area contributed by atoms with Crippen LogP contribution in [0.2, 0.25) is 0 Å². The summed E-state index contributed by atoms with van der Waals surface area (Å²) in [5.74, 6) is 0.830. The average Bonchev–Trinajstić information content (AvgIpc) is 2.46. The fraction of sp³-hybridized carbons (Fsp3) is 1.00. The van der Waals surface area contributed by atoms with Gasteiger partial charge < -0.3 is 10.4 Å². The highest BCUT2D eigenvalue weighted by Crippen LogP contribution is 2.22. The molecule has 3 nitrogen and oxygen atoms in total. The van der Waals surface area contributed by atoms with E-state index in [2.05, 4.69) is 31.0 Å². The Morgan fingerprint density at radius 3 is 2.67 bits per heavy atom. The number of nitrogens with zero attached hydrogens (tertiary/aromatic N) is 1. The summed E-state index contributed by atoms with van der Waals surface area (Å²) in [6.07, 6.45) is 2.18. The van der Waals surface area contributed by atoms with E-state index < -0.39 is 0 Å². The minimum Gasteiger partial charge on any atom is -0.396 e. The molecule has 1 saturated heterocycles. The van der Waals surface area contributed by atoms with Crippen molar-refractivity contribution < 1.29 is 5.11 Å². The molecule has 15 heavy (non-hydrogen) atoms. The summed E-state index contributed by atoms with van der Waals surface area (Å²) in [4.78, 5) is 2.55. The van der Waals surface area contributed by atoms with Crippen LogP contribution in [0.15, 0.2) is 0 Å². The van der Waals surface area contributed by atoms with Gasteiger partial charge in [0, 0.05) is 31.8 Å². The van der Waals surface area contributed by atoms with Gasteiger partial charge in [-0.2, -0.15) is 0 Å². The fourth-order valence-electron chi connectivity index (χ4n) is 2.63. The molecule has 0 aliphatic carbocycles. The van der Waals surface area contributed by atoms with Crippen molar-refractivity contribution in [2.45, 2.75) is 45.7 Å². The van der Waals surface area contributed by atoms with Gasteiger partial charge in [0.15, 0.2) is 0 Å². The first kappa shape index (κ1) is 12.9. The van der Waals surface area contributed by atoms with Crippen molar-refractivity contribution in [1.29, 1.82) is 0 Å². The van der Waals surface area contributed by atoms with Gasteiger partial charge in [0.25, 0.3) is 0 Å². The summed E-state index contributed by atoms with van der Waals surface area (Å²) < 4.78 is 0. The smallest absolute Gasteiger partial charge is 0.0446 e. The zero-order valence-electron chi connectivity index (χ0n) is 10.4. The zero-order valence-corrected chi connectivity index (χ0v) is 10.4. The molecule has 3 unspecified atom stereocenters. The Kier molecular flexibility index (Phi) is 5.58. The Hall–Kier alpha value is -0.120. The third-order valence-corrected chi connectivity index (χ3v) is 3.34. The van der Waals surface area contributed by atoms with Gasteiger partial charge in [-0.25, -0.2) is 0 Å². The molecular formula is C12H26N2O. The van der Waals surface area contributed by atoms with Gasteiger partial charge in [0.2, 0.25) is 0 Å². The van der Waals surface area contributed by atoms with E-state index >= 15 is 0 Å². The molecule has 90 valence electrons. The van der Waals surface area contributed by atoms with E-state index in [1.54, 1.807) is 0 Å². The van der Waals surface area contributed by atoms with Crippen LogP contribution >= 0.6 is 0 Å². The highest BCUT2D eigenvalue weighted by atomic mass is 16.3. The van der Waals surface area contributed by atoms with E-state index in [-0.39, 0.29) is 6.61 Å². The quantitative estimate of drug-likeness (QED) is 0.694. The van der Waals surface area contributed by atoms with Crippen molar-refractivity contribution in [1.82, 2.24) is 10.2 Å². The molecule has 3 heteroatoms. The predicted octanol–water partition coefficient (Wildman–Crippen LogP) is 1.08. The second-order valence-electron chi connectivity index (χ2n) is 4.91. The lowest BCUT2D eigenvalue weighted by Crippen LogP contribution is -2.42. The fourth-order valence-corrected chi connectivity index (χ4v) is 2.63. The second-order valence-corrected chi connectivity index (χ2v) is 4.91. The van der Waals surface area contributed by atoms with Gasteiger partial charge in [-0.05, 0) is 32.2 Å². The minimum absolute atomic E-state index is 0.287. The zero-order chi connectivity index (χ0) is 11.3. The van der Waals surface area contributed by atoms with Gasteiger partial charge in [0.1, 0.15) is 0 Å². The van der Waals surface area contributed by atoms with Crippen molar-refractivity contribution in [3.63, 3.8) is 0 Å². The van der Waals surface area contributed by atoms with E-state index in [0.717, 1.165) is 25.4 Å². The third-order valence-electron chi connectivity index (χ3n) is 3.34. The molecule has 1 rings (SSSR count). The lowest BCUT2D eigenvalue weighted by molar-refractivity contribution is 0.203. The number of likely N-dealkylation sites (tertiary alicyclic amines) is 1. The second kappa shape index (κ2) is 6.46. The number of aliphatic hydroxyl groups excluding tert-OH is 1. The first-order chi connectivity index (χ1) is 7.17. The van der Waals surface area contributed by atoms with Gasteiger partial charge in [0.05, 0.1) is 0 Å². The molecule has 3 atom stereocenters. The molecule has 2 N–H and O–H groups in total. The molecule has 0 aromatic heterocycles. The van der Waals surface area contributed by atoms with E-state index in [1.807, 2.05) is 0 Å². The van der Waals surface area contributed by atoms with Gasteiger partial charge in [-0.15, -0.1) is 0 Å². The first-order valence-electron chi connectivity index (χ1n) is 6.25. The van der Waals surface area contributed by atoms with Gasteiger partial charge >= 0.3 is 0 Å². The summed E-state index contributed by atoms with van der Waals surface area (Å²) >= 11 is 0. The number of hydrogen-bond donors (Lipinski definition) is 2. The molecule has 0 bridgehead atoms. The summed E-state index contributed by atoms with van der Waals surface area (Å²) in [6.45, 7) is 10.3. The predicted molar refractivity (Wildman–Crippen MR) is 64.0 cm³/mol. The van der Waals surface area contributed by atoms with Crippen LogP contribution in [0.3, 0.4) is 0 Å². The van der Waals surface area contributed by atoms with Crippen LogP contribution in [-0.4, -0.2) is 48.3 Å².